The lowest BCUT2D eigenvalue weighted by Crippen LogP contribution is -2.29. The molecule has 0 spiro atoms. The zero-order valence-corrected chi connectivity index (χ0v) is 12.7. The van der Waals surface area contributed by atoms with Gasteiger partial charge in [0.15, 0.2) is 16.7 Å². The van der Waals surface area contributed by atoms with Crippen molar-refractivity contribution in [3.05, 3.63) is 17.7 Å². The van der Waals surface area contributed by atoms with Crippen LogP contribution in [0.1, 0.15) is 19.4 Å². The summed E-state index contributed by atoms with van der Waals surface area (Å²) in [6.07, 6.45) is 0. The van der Waals surface area contributed by atoms with Gasteiger partial charge in [-0.3, -0.25) is 0 Å². The number of hydrogen-bond acceptors (Lipinski definition) is 5. The van der Waals surface area contributed by atoms with Crippen LogP contribution in [0.15, 0.2) is 17.1 Å². The topological polar surface area (TPSA) is 34.1 Å². The highest BCUT2D eigenvalue weighted by molar-refractivity contribution is 8.13. The maximum Gasteiger partial charge on any atom is 0.164 e. The van der Waals surface area contributed by atoms with Crippen LogP contribution in [-0.2, 0) is 5.75 Å². The van der Waals surface area contributed by atoms with Crippen molar-refractivity contribution in [2.45, 2.75) is 19.6 Å². The van der Waals surface area contributed by atoms with Crippen LogP contribution in [0, 0.1) is 0 Å². The van der Waals surface area contributed by atoms with Gasteiger partial charge in [-0.05, 0) is 25.5 Å². The molecule has 0 saturated carbocycles. The third kappa shape index (κ3) is 2.81. The summed E-state index contributed by atoms with van der Waals surface area (Å²) < 4.78 is 10.7. The van der Waals surface area contributed by atoms with Gasteiger partial charge in [0, 0.05) is 24.9 Å². The van der Waals surface area contributed by atoms with Gasteiger partial charge in [0.2, 0.25) is 0 Å². The molecule has 1 aromatic carbocycles. The highest BCUT2D eigenvalue weighted by atomic mass is 32.2. The fraction of sp³-hybridized carbons (Fsp3) is 0.500. The molecule has 0 unspecified atom stereocenters. The van der Waals surface area contributed by atoms with Crippen LogP contribution in [0.25, 0.3) is 0 Å². The molecule has 0 atom stereocenters. The molecule has 1 aromatic rings. The summed E-state index contributed by atoms with van der Waals surface area (Å²) in [6, 6.07) is 3.97. The Morgan fingerprint density at radius 1 is 1.16 bits per heavy atom. The van der Waals surface area contributed by atoms with Crippen LogP contribution in [0.4, 0.5) is 5.69 Å². The molecule has 1 aliphatic rings. The van der Waals surface area contributed by atoms with Gasteiger partial charge in [-0.1, -0.05) is 11.8 Å². The first-order valence-corrected chi connectivity index (χ1v) is 7.43. The summed E-state index contributed by atoms with van der Waals surface area (Å²) in [6.45, 7) is 6.25. The van der Waals surface area contributed by atoms with E-state index >= 15 is 0 Å². The van der Waals surface area contributed by atoms with Crippen LogP contribution in [0.5, 0.6) is 11.5 Å². The van der Waals surface area contributed by atoms with Gasteiger partial charge in [0.1, 0.15) is 0 Å². The monoisotopic (exact) mass is 280 g/mol. The van der Waals surface area contributed by atoms with Gasteiger partial charge < -0.3 is 14.4 Å². The molecule has 0 saturated heterocycles. The van der Waals surface area contributed by atoms with Crippen LogP contribution in [0.3, 0.4) is 0 Å². The van der Waals surface area contributed by atoms with E-state index in [-0.39, 0.29) is 0 Å². The smallest absolute Gasteiger partial charge is 0.164 e. The van der Waals surface area contributed by atoms with E-state index in [9.17, 15) is 0 Å². The summed E-state index contributed by atoms with van der Waals surface area (Å²) >= 11 is 1.78. The average molecular weight is 280 g/mol. The molecule has 0 N–H and O–H groups in total. The molecular formula is C14H20N2O2S. The summed E-state index contributed by atoms with van der Waals surface area (Å²) in [5, 5.41) is 1.09. The van der Waals surface area contributed by atoms with Crippen molar-refractivity contribution >= 4 is 22.6 Å². The van der Waals surface area contributed by atoms with Crippen molar-refractivity contribution in [1.82, 2.24) is 4.90 Å². The first kappa shape index (κ1) is 14.1. The Labute approximate surface area is 118 Å². The molecule has 1 aliphatic heterocycles. The zero-order chi connectivity index (χ0) is 13.8. The number of aliphatic imine (C=N–C) groups is 1. The molecule has 0 aromatic heterocycles. The Kier molecular flexibility index (Phi) is 4.58. The lowest BCUT2D eigenvalue weighted by molar-refractivity contribution is 0.355. The molecule has 0 aliphatic carbocycles. The number of rotatable bonds is 4. The van der Waals surface area contributed by atoms with Crippen LogP contribution in [-0.4, -0.2) is 37.4 Å². The second kappa shape index (κ2) is 6.19. The van der Waals surface area contributed by atoms with E-state index < -0.39 is 0 Å². The minimum Gasteiger partial charge on any atom is -0.493 e. The molecule has 1 heterocycles. The molecule has 0 fully saturated rings. The largest absolute Gasteiger partial charge is 0.493 e. The first-order valence-electron chi connectivity index (χ1n) is 6.44. The molecule has 0 bridgehead atoms. The Bertz CT molecular complexity index is 485. The van der Waals surface area contributed by atoms with Gasteiger partial charge >= 0.3 is 0 Å². The second-order valence-corrected chi connectivity index (χ2v) is 5.13. The van der Waals surface area contributed by atoms with Crippen molar-refractivity contribution in [1.29, 1.82) is 0 Å². The lowest BCUT2D eigenvalue weighted by atomic mass is 10.1. The quantitative estimate of drug-likeness (QED) is 0.847. The number of hydrogen-bond donors (Lipinski definition) is 0. The number of benzene rings is 1. The van der Waals surface area contributed by atoms with Gasteiger partial charge in [0.05, 0.1) is 19.9 Å². The number of methoxy groups -OCH3 is 2. The predicted molar refractivity (Wildman–Crippen MR) is 80.9 cm³/mol. The van der Waals surface area contributed by atoms with Gasteiger partial charge in [-0.25, -0.2) is 4.99 Å². The third-order valence-electron chi connectivity index (χ3n) is 3.19. The fourth-order valence-electron chi connectivity index (χ4n) is 2.06. The Morgan fingerprint density at radius 3 is 2.37 bits per heavy atom. The van der Waals surface area contributed by atoms with E-state index in [1.807, 2.05) is 12.1 Å². The molecule has 5 heteroatoms. The normalized spacial score (nSPS) is 13.6. The van der Waals surface area contributed by atoms with Crippen molar-refractivity contribution in [2.24, 2.45) is 4.99 Å². The van der Waals surface area contributed by atoms with Gasteiger partial charge in [-0.2, -0.15) is 0 Å². The number of amidine groups is 1. The van der Waals surface area contributed by atoms with Crippen molar-refractivity contribution in [3.8, 4) is 11.5 Å². The van der Waals surface area contributed by atoms with E-state index in [0.717, 1.165) is 41.2 Å². The van der Waals surface area contributed by atoms with Gasteiger partial charge in [-0.15, -0.1) is 0 Å². The summed E-state index contributed by atoms with van der Waals surface area (Å²) in [7, 11) is 3.31. The molecule has 2 rings (SSSR count). The fourth-order valence-corrected chi connectivity index (χ4v) is 3.18. The first-order chi connectivity index (χ1) is 9.23. The zero-order valence-electron chi connectivity index (χ0n) is 11.9. The van der Waals surface area contributed by atoms with Gasteiger partial charge in [0.25, 0.3) is 0 Å². The summed E-state index contributed by atoms with van der Waals surface area (Å²) in [4.78, 5) is 7.01. The Morgan fingerprint density at radius 2 is 1.79 bits per heavy atom. The summed E-state index contributed by atoms with van der Waals surface area (Å²) in [5.41, 5.74) is 2.18. The van der Waals surface area contributed by atoms with E-state index in [1.165, 1.54) is 5.56 Å². The molecule has 19 heavy (non-hydrogen) atoms. The highest BCUT2D eigenvalue weighted by Crippen LogP contribution is 2.39. The van der Waals surface area contributed by atoms with Crippen LogP contribution < -0.4 is 9.47 Å². The maximum atomic E-state index is 5.34. The minimum absolute atomic E-state index is 0.732. The van der Waals surface area contributed by atoms with Crippen LogP contribution >= 0.6 is 11.8 Å². The van der Waals surface area contributed by atoms with Crippen LogP contribution in [0.2, 0.25) is 0 Å². The Hall–Kier alpha value is -1.36. The molecule has 104 valence electrons. The second-order valence-electron chi connectivity index (χ2n) is 4.19. The SMILES string of the molecule is CCN(CC)C1=Nc2cc(OC)c(OC)cc2CS1. The van der Waals surface area contributed by atoms with Crippen molar-refractivity contribution in [2.75, 3.05) is 27.3 Å². The Balaban J connectivity index is 2.39. The van der Waals surface area contributed by atoms with E-state index in [2.05, 4.69) is 18.7 Å². The molecular weight excluding hydrogens is 260 g/mol. The number of nitrogens with zero attached hydrogens (tertiary/aromatic N) is 2. The maximum absolute atomic E-state index is 5.34. The summed E-state index contributed by atoms with van der Waals surface area (Å²) in [5.74, 6) is 2.42. The lowest BCUT2D eigenvalue weighted by Gasteiger charge is -2.26. The van der Waals surface area contributed by atoms with E-state index in [4.69, 9.17) is 14.5 Å². The minimum atomic E-state index is 0.732. The highest BCUT2D eigenvalue weighted by Gasteiger charge is 2.19. The number of ether oxygens (including phenoxy) is 2. The van der Waals surface area contributed by atoms with Crippen molar-refractivity contribution < 1.29 is 9.47 Å². The molecule has 0 radical (unpaired) electrons. The number of fused-ring (bicyclic) bond motifs is 1. The molecule has 0 amide bonds. The average Bonchev–Trinajstić information content (AvgIpc) is 2.46. The standard InChI is InChI=1S/C14H20N2O2S/c1-5-16(6-2)14-15-11-8-13(18-4)12(17-3)7-10(11)9-19-14/h7-8H,5-6,9H2,1-4H3. The third-order valence-corrected chi connectivity index (χ3v) is 4.25. The van der Waals surface area contributed by atoms with Crippen molar-refractivity contribution in [3.63, 3.8) is 0 Å². The number of thioether (sulfide) groups is 1. The van der Waals surface area contributed by atoms with E-state index in [0.29, 0.717) is 0 Å². The predicted octanol–water partition coefficient (Wildman–Crippen LogP) is 3.28. The molecule has 4 nitrogen and oxygen atoms in total. The van der Waals surface area contributed by atoms with E-state index in [1.54, 1.807) is 26.0 Å².